The summed E-state index contributed by atoms with van der Waals surface area (Å²) in [6.45, 7) is 7.68. The number of rotatable bonds is 13. The molecule has 0 saturated carbocycles. The molecule has 0 aliphatic carbocycles. The van der Waals surface area contributed by atoms with Gasteiger partial charge in [0, 0.05) is 18.1 Å². The van der Waals surface area contributed by atoms with E-state index in [2.05, 4.69) is 5.32 Å². The van der Waals surface area contributed by atoms with Gasteiger partial charge in [-0.05, 0) is 68.1 Å². The zero-order chi connectivity index (χ0) is 30.2. The van der Waals surface area contributed by atoms with Gasteiger partial charge in [0.1, 0.15) is 12.6 Å². The predicted molar refractivity (Wildman–Crippen MR) is 166 cm³/mol. The van der Waals surface area contributed by atoms with Crippen LogP contribution in [0.25, 0.3) is 0 Å². The van der Waals surface area contributed by atoms with E-state index in [1.807, 2.05) is 52.0 Å². The van der Waals surface area contributed by atoms with Gasteiger partial charge in [0.15, 0.2) is 0 Å². The second kappa shape index (κ2) is 14.7. The van der Waals surface area contributed by atoms with Gasteiger partial charge in [0.2, 0.25) is 11.8 Å². The van der Waals surface area contributed by atoms with Crippen LogP contribution in [0, 0.1) is 13.8 Å². The van der Waals surface area contributed by atoms with Gasteiger partial charge in [-0.2, -0.15) is 0 Å². The number of carbonyl (C=O) groups is 2. The van der Waals surface area contributed by atoms with E-state index < -0.39 is 28.5 Å². The van der Waals surface area contributed by atoms with Crippen molar-refractivity contribution in [2.75, 3.05) is 17.4 Å². The van der Waals surface area contributed by atoms with Crippen LogP contribution in [0.15, 0.2) is 71.6 Å². The predicted octanol–water partition coefficient (Wildman–Crippen LogP) is 6.53. The highest BCUT2D eigenvalue weighted by molar-refractivity contribution is 7.92. The fourth-order valence-electron chi connectivity index (χ4n) is 4.42. The molecule has 2 amide bonds. The quantitative estimate of drug-likeness (QED) is 0.221. The third-order valence-electron chi connectivity index (χ3n) is 6.88. The van der Waals surface area contributed by atoms with Crippen LogP contribution in [0.4, 0.5) is 5.69 Å². The number of benzene rings is 3. The second-order valence-electron chi connectivity index (χ2n) is 9.94. The van der Waals surface area contributed by atoms with Gasteiger partial charge in [-0.1, -0.05) is 85.4 Å². The van der Waals surface area contributed by atoms with Crippen molar-refractivity contribution in [3.05, 3.63) is 93.5 Å². The van der Waals surface area contributed by atoms with Crippen LogP contribution in [-0.2, 0) is 26.2 Å². The summed E-state index contributed by atoms with van der Waals surface area (Å²) in [6.07, 6.45) is 2.07. The molecule has 0 bridgehead atoms. The Bertz CT molecular complexity index is 1460. The van der Waals surface area contributed by atoms with Crippen LogP contribution in [0.3, 0.4) is 0 Å². The molecule has 0 aromatic heterocycles. The molecule has 3 aromatic rings. The van der Waals surface area contributed by atoms with Gasteiger partial charge in [-0.3, -0.25) is 13.9 Å². The first-order valence-corrected chi connectivity index (χ1v) is 15.8. The molecular weight excluding hydrogens is 581 g/mol. The highest BCUT2D eigenvalue weighted by Crippen LogP contribution is 2.33. The van der Waals surface area contributed by atoms with Crippen LogP contribution in [0.2, 0.25) is 10.0 Å². The molecule has 0 radical (unpaired) electrons. The minimum Gasteiger partial charge on any atom is -0.354 e. The van der Waals surface area contributed by atoms with E-state index in [1.165, 1.54) is 29.2 Å². The number of sulfonamides is 1. The maximum atomic E-state index is 14.2. The summed E-state index contributed by atoms with van der Waals surface area (Å²) in [5.74, 6) is -0.825. The standard InChI is InChI=1S/C31H37Cl2N3O4S/c1-5-7-18-34-31(38)28(6-2)35(20-24-11-9-8-10-23(24)4)30(37)21-36(29-19-25(32)14-17-27(29)33)41(39,40)26-15-12-22(3)13-16-26/h8-17,19,28H,5-7,18,20-21H2,1-4H3,(H,34,38)/t28-/m1/s1. The molecule has 0 saturated heterocycles. The van der Waals surface area contributed by atoms with E-state index in [-0.39, 0.29) is 33.1 Å². The maximum absolute atomic E-state index is 14.2. The average Bonchev–Trinajstić information content (AvgIpc) is 2.94. The molecule has 0 heterocycles. The van der Waals surface area contributed by atoms with E-state index >= 15 is 0 Å². The van der Waals surface area contributed by atoms with Crippen molar-refractivity contribution in [2.24, 2.45) is 0 Å². The van der Waals surface area contributed by atoms with Gasteiger partial charge in [-0.15, -0.1) is 0 Å². The van der Waals surface area contributed by atoms with Gasteiger partial charge < -0.3 is 10.2 Å². The van der Waals surface area contributed by atoms with Crippen molar-refractivity contribution in [1.29, 1.82) is 0 Å². The molecular formula is C31H37Cl2N3O4S. The lowest BCUT2D eigenvalue weighted by Gasteiger charge is -2.33. The number of carbonyl (C=O) groups excluding carboxylic acids is 2. The number of amides is 2. The molecule has 7 nitrogen and oxygen atoms in total. The van der Waals surface area contributed by atoms with Gasteiger partial charge in [0.25, 0.3) is 10.0 Å². The highest BCUT2D eigenvalue weighted by Gasteiger charge is 2.34. The van der Waals surface area contributed by atoms with Crippen molar-refractivity contribution in [3.8, 4) is 0 Å². The smallest absolute Gasteiger partial charge is 0.264 e. The molecule has 3 aromatic carbocycles. The molecule has 220 valence electrons. The number of anilines is 1. The van der Waals surface area contributed by atoms with Crippen LogP contribution < -0.4 is 9.62 Å². The molecule has 1 N–H and O–H groups in total. The van der Waals surface area contributed by atoms with Gasteiger partial charge >= 0.3 is 0 Å². The number of aryl methyl sites for hydroxylation is 2. The summed E-state index contributed by atoms with van der Waals surface area (Å²) in [7, 11) is -4.25. The molecule has 41 heavy (non-hydrogen) atoms. The van der Waals surface area contributed by atoms with E-state index in [0.717, 1.165) is 33.8 Å². The van der Waals surface area contributed by atoms with Gasteiger partial charge in [0.05, 0.1) is 15.6 Å². The molecule has 0 aliphatic rings. The summed E-state index contributed by atoms with van der Waals surface area (Å²) < 4.78 is 29.0. The van der Waals surface area contributed by atoms with Crippen molar-refractivity contribution in [1.82, 2.24) is 10.2 Å². The lowest BCUT2D eigenvalue weighted by atomic mass is 10.1. The Labute approximate surface area is 253 Å². The number of hydrogen-bond donors (Lipinski definition) is 1. The Morgan fingerprint density at radius 3 is 2.27 bits per heavy atom. The van der Waals surface area contributed by atoms with E-state index in [0.29, 0.717) is 13.0 Å². The van der Waals surface area contributed by atoms with E-state index in [1.54, 1.807) is 18.2 Å². The lowest BCUT2D eigenvalue weighted by molar-refractivity contribution is -0.140. The Morgan fingerprint density at radius 1 is 0.951 bits per heavy atom. The zero-order valence-electron chi connectivity index (χ0n) is 23.9. The Morgan fingerprint density at radius 2 is 1.63 bits per heavy atom. The fraction of sp³-hybridized carbons (Fsp3) is 0.355. The minimum absolute atomic E-state index is 0.00162. The Kier molecular flexibility index (Phi) is 11.6. The topological polar surface area (TPSA) is 86.8 Å². The summed E-state index contributed by atoms with van der Waals surface area (Å²) in [5.41, 5.74) is 2.77. The highest BCUT2D eigenvalue weighted by atomic mass is 35.5. The maximum Gasteiger partial charge on any atom is 0.264 e. The molecule has 1 atom stereocenters. The van der Waals surface area contributed by atoms with Crippen molar-refractivity contribution < 1.29 is 18.0 Å². The summed E-state index contributed by atoms with van der Waals surface area (Å²) in [5, 5.41) is 3.31. The SMILES string of the molecule is CCCCNC(=O)[C@@H](CC)N(Cc1ccccc1C)C(=O)CN(c1cc(Cl)ccc1Cl)S(=O)(=O)c1ccc(C)cc1. The van der Waals surface area contributed by atoms with E-state index in [9.17, 15) is 18.0 Å². The monoisotopic (exact) mass is 617 g/mol. The number of halogens is 2. The summed E-state index contributed by atoms with van der Waals surface area (Å²) in [6, 6.07) is 17.6. The molecule has 0 spiro atoms. The van der Waals surface area contributed by atoms with Crippen molar-refractivity contribution >= 4 is 50.7 Å². The molecule has 0 fully saturated rings. The largest absolute Gasteiger partial charge is 0.354 e. The van der Waals surface area contributed by atoms with Gasteiger partial charge in [-0.25, -0.2) is 8.42 Å². The van der Waals surface area contributed by atoms with Crippen LogP contribution in [0.1, 0.15) is 49.8 Å². The summed E-state index contributed by atoms with van der Waals surface area (Å²) in [4.78, 5) is 28.9. The zero-order valence-corrected chi connectivity index (χ0v) is 26.2. The Balaban J connectivity index is 2.09. The molecule has 0 aliphatic heterocycles. The number of unbranched alkanes of at least 4 members (excludes halogenated alkanes) is 1. The third-order valence-corrected chi connectivity index (χ3v) is 9.21. The van der Waals surface area contributed by atoms with Crippen LogP contribution in [-0.4, -0.2) is 44.3 Å². The second-order valence-corrected chi connectivity index (χ2v) is 12.6. The first-order valence-electron chi connectivity index (χ1n) is 13.7. The lowest BCUT2D eigenvalue weighted by Crippen LogP contribution is -2.52. The number of nitrogens with zero attached hydrogens (tertiary/aromatic N) is 2. The normalized spacial score (nSPS) is 12.0. The van der Waals surface area contributed by atoms with Crippen molar-refractivity contribution in [2.45, 2.75) is 64.4 Å². The number of nitrogens with one attached hydrogen (secondary N) is 1. The number of hydrogen-bond acceptors (Lipinski definition) is 4. The first-order chi connectivity index (χ1) is 19.5. The third kappa shape index (κ3) is 8.24. The Hall–Kier alpha value is -3.07. The molecule has 10 heteroatoms. The average molecular weight is 619 g/mol. The molecule has 3 rings (SSSR count). The van der Waals surface area contributed by atoms with Crippen molar-refractivity contribution in [3.63, 3.8) is 0 Å². The van der Waals surface area contributed by atoms with Crippen LogP contribution >= 0.6 is 23.2 Å². The first kappa shape index (κ1) is 32.4. The fourth-order valence-corrected chi connectivity index (χ4v) is 6.29. The summed E-state index contributed by atoms with van der Waals surface area (Å²) >= 11 is 12.7. The van der Waals surface area contributed by atoms with Crippen LogP contribution in [0.5, 0.6) is 0 Å². The van der Waals surface area contributed by atoms with E-state index in [4.69, 9.17) is 23.2 Å². The molecule has 0 unspecified atom stereocenters. The minimum atomic E-state index is -4.25.